The summed E-state index contributed by atoms with van der Waals surface area (Å²) in [6.45, 7) is 6.42. The highest BCUT2D eigenvalue weighted by Gasteiger charge is 2.04. The Bertz CT molecular complexity index is 603. The molecule has 0 saturated carbocycles. The third kappa shape index (κ3) is 4.30. The Morgan fingerprint density at radius 3 is 2.67 bits per heavy atom. The molecule has 0 aliphatic carbocycles. The predicted octanol–water partition coefficient (Wildman–Crippen LogP) is 2.82. The lowest BCUT2D eigenvalue weighted by Crippen LogP contribution is -2.22. The van der Waals surface area contributed by atoms with Gasteiger partial charge < -0.3 is 15.6 Å². The van der Waals surface area contributed by atoms with Crippen LogP contribution in [0.2, 0.25) is 0 Å². The Morgan fingerprint density at radius 2 is 2.10 bits per heavy atom. The van der Waals surface area contributed by atoms with Crippen molar-refractivity contribution in [2.24, 2.45) is 10.7 Å². The second-order valence-corrected chi connectivity index (χ2v) is 4.99. The lowest BCUT2D eigenvalue weighted by Gasteiger charge is -2.10. The lowest BCUT2D eigenvalue weighted by molar-refractivity contribution is 0.387. The van der Waals surface area contributed by atoms with Crippen LogP contribution in [0.3, 0.4) is 0 Å². The zero-order valence-corrected chi connectivity index (χ0v) is 12.6. The number of rotatable bonds is 5. The van der Waals surface area contributed by atoms with Crippen molar-refractivity contribution in [1.82, 2.24) is 10.1 Å². The quantitative estimate of drug-likeness (QED) is 0.652. The highest BCUT2D eigenvalue weighted by Crippen LogP contribution is 2.20. The normalized spacial score (nSPS) is 13.2. The van der Waals surface area contributed by atoms with Crippen molar-refractivity contribution in [2.45, 2.75) is 39.7 Å². The number of aromatic nitrogens is 2. The second kappa shape index (κ2) is 6.88. The van der Waals surface area contributed by atoms with E-state index in [4.69, 9.17) is 10.3 Å². The van der Waals surface area contributed by atoms with Crippen molar-refractivity contribution in [1.29, 1.82) is 0 Å². The van der Waals surface area contributed by atoms with Crippen molar-refractivity contribution in [2.75, 3.05) is 5.32 Å². The average Bonchev–Trinajstić information content (AvgIpc) is 2.91. The van der Waals surface area contributed by atoms with Gasteiger partial charge in [-0.3, -0.25) is 0 Å². The van der Waals surface area contributed by atoms with Crippen LogP contribution in [0.15, 0.2) is 33.8 Å². The van der Waals surface area contributed by atoms with E-state index >= 15 is 0 Å². The van der Waals surface area contributed by atoms with Crippen LogP contribution < -0.4 is 11.1 Å². The number of aryl methyl sites for hydroxylation is 1. The molecular formula is C15H21N5O. The summed E-state index contributed by atoms with van der Waals surface area (Å²) >= 11 is 0. The van der Waals surface area contributed by atoms with Crippen LogP contribution in [0, 0.1) is 6.92 Å². The second-order valence-electron chi connectivity index (χ2n) is 4.99. The van der Waals surface area contributed by atoms with E-state index in [1.165, 1.54) is 5.56 Å². The Kier molecular flexibility index (Phi) is 4.92. The zero-order chi connectivity index (χ0) is 15.2. The Hall–Kier alpha value is -2.37. The number of benzene rings is 1. The fraction of sp³-hybridized carbons (Fsp3) is 0.400. The molecule has 0 aliphatic heterocycles. The highest BCUT2D eigenvalue weighted by molar-refractivity contribution is 5.92. The van der Waals surface area contributed by atoms with Gasteiger partial charge in [-0.1, -0.05) is 31.1 Å². The van der Waals surface area contributed by atoms with E-state index in [0.29, 0.717) is 30.1 Å². The van der Waals surface area contributed by atoms with E-state index in [1.54, 1.807) is 6.92 Å². The van der Waals surface area contributed by atoms with Gasteiger partial charge in [-0.05, 0) is 30.0 Å². The van der Waals surface area contributed by atoms with Crippen molar-refractivity contribution < 1.29 is 4.52 Å². The minimum Gasteiger partial charge on any atom is -0.370 e. The van der Waals surface area contributed by atoms with Crippen molar-refractivity contribution in [3.8, 4) is 0 Å². The molecule has 1 aromatic heterocycles. The summed E-state index contributed by atoms with van der Waals surface area (Å²) in [5, 5.41) is 6.80. The van der Waals surface area contributed by atoms with Crippen molar-refractivity contribution >= 4 is 11.6 Å². The van der Waals surface area contributed by atoms with Crippen LogP contribution in [0.1, 0.15) is 43.5 Å². The fourth-order valence-electron chi connectivity index (χ4n) is 1.88. The van der Waals surface area contributed by atoms with Gasteiger partial charge in [-0.2, -0.15) is 4.98 Å². The van der Waals surface area contributed by atoms with Crippen LogP contribution >= 0.6 is 0 Å². The maximum atomic E-state index is 5.84. The summed E-state index contributed by atoms with van der Waals surface area (Å²) in [6, 6.07) is 8.21. The molecule has 0 aliphatic rings. The van der Waals surface area contributed by atoms with Gasteiger partial charge in [0.1, 0.15) is 6.54 Å². The molecule has 6 heteroatoms. The van der Waals surface area contributed by atoms with E-state index in [-0.39, 0.29) is 0 Å². The molecule has 0 amide bonds. The molecule has 1 unspecified atom stereocenters. The van der Waals surface area contributed by atoms with E-state index in [0.717, 1.165) is 12.1 Å². The minimum absolute atomic E-state index is 0.293. The van der Waals surface area contributed by atoms with E-state index in [2.05, 4.69) is 46.4 Å². The van der Waals surface area contributed by atoms with Gasteiger partial charge in [-0.25, -0.2) is 4.99 Å². The number of nitrogens with one attached hydrogen (secondary N) is 1. The standard InChI is InChI=1S/C15H21N5O/c1-4-10(2)12-5-7-13(8-6-12)19-15(16)17-9-14-18-11(3)21-20-14/h5-8,10H,4,9H2,1-3H3,(H3,16,17,19). The monoisotopic (exact) mass is 287 g/mol. The maximum Gasteiger partial charge on any atom is 0.223 e. The first kappa shape index (κ1) is 15.0. The fourth-order valence-corrected chi connectivity index (χ4v) is 1.88. The Labute approximate surface area is 124 Å². The number of nitrogens with two attached hydrogens (primary N) is 1. The summed E-state index contributed by atoms with van der Waals surface area (Å²) in [6.07, 6.45) is 1.13. The topological polar surface area (TPSA) is 89.3 Å². The van der Waals surface area contributed by atoms with Crippen molar-refractivity contribution in [3.05, 3.63) is 41.5 Å². The van der Waals surface area contributed by atoms with Crippen LogP contribution in [-0.2, 0) is 6.54 Å². The molecule has 21 heavy (non-hydrogen) atoms. The SMILES string of the molecule is CCC(C)c1ccc(NC(N)=NCc2noc(C)n2)cc1. The average molecular weight is 287 g/mol. The summed E-state index contributed by atoms with van der Waals surface area (Å²) in [5.41, 5.74) is 8.07. The summed E-state index contributed by atoms with van der Waals surface area (Å²) in [7, 11) is 0. The van der Waals surface area contributed by atoms with Crippen LogP contribution in [-0.4, -0.2) is 16.1 Å². The minimum atomic E-state index is 0.293. The Morgan fingerprint density at radius 1 is 1.38 bits per heavy atom. The smallest absolute Gasteiger partial charge is 0.223 e. The molecule has 0 saturated heterocycles. The summed E-state index contributed by atoms with van der Waals surface area (Å²) < 4.78 is 4.87. The first-order valence-corrected chi connectivity index (χ1v) is 7.04. The maximum absolute atomic E-state index is 5.84. The van der Waals surface area contributed by atoms with E-state index in [9.17, 15) is 0 Å². The molecule has 2 rings (SSSR count). The van der Waals surface area contributed by atoms with Crippen LogP contribution in [0.5, 0.6) is 0 Å². The van der Waals surface area contributed by atoms with Gasteiger partial charge in [-0.15, -0.1) is 0 Å². The van der Waals surface area contributed by atoms with E-state index in [1.807, 2.05) is 12.1 Å². The number of aliphatic imine (C=N–C) groups is 1. The molecule has 6 nitrogen and oxygen atoms in total. The zero-order valence-electron chi connectivity index (χ0n) is 12.6. The van der Waals surface area contributed by atoms with Crippen LogP contribution in [0.25, 0.3) is 0 Å². The van der Waals surface area contributed by atoms with Gasteiger partial charge in [0.25, 0.3) is 0 Å². The van der Waals surface area contributed by atoms with Crippen molar-refractivity contribution in [3.63, 3.8) is 0 Å². The molecule has 2 aromatic rings. The first-order valence-electron chi connectivity index (χ1n) is 7.04. The Balaban J connectivity index is 1.94. The summed E-state index contributed by atoms with van der Waals surface area (Å²) in [4.78, 5) is 8.24. The molecule has 0 bridgehead atoms. The molecule has 112 valence electrons. The molecule has 0 spiro atoms. The first-order chi connectivity index (χ1) is 10.1. The number of nitrogens with zero attached hydrogens (tertiary/aromatic N) is 3. The predicted molar refractivity (Wildman–Crippen MR) is 83.1 cm³/mol. The number of hydrogen-bond acceptors (Lipinski definition) is 4. The molecule has 1 atom stereocenters. The molecule has 1 aromatic carbocycles. The van der Waals surface area contributed by atoms with Gasteiger partial charge in [0.15, 0.2) is 11.8 Å². The third-order valence-corrected chi connectivity index (χ3v) is 3.32. The number of guanidine groups is 1. The third-order valence-electron chi connectivity index (χ3n) is 3.32. The lowest BCUT2D eigenvalue weighted by atomic mass is 9.99. The van der Waals surface area contributed by atoms with Gasteiger partial charge in [0.2, 0.25) is 5.89 Å². The van der Waals surface area contributed by atoms with E-state index < -0.39 is 0 Å². The van der Waals surface area contributed by atoms with Gasteiger partial charge >= 0.3 is 0 Å². The summed E-state index contributed by atoms with van der Waals surface area (Å²) in [5.74, 6) is 1.93. The number of hydrogen-bond donors (Lipinski definition) is 2. The number of anilines is 1. The van der Waals surface area contributed by atoms with Crippen LogP contribution in [0.4, 0.5) is 5.69 Å². The molecule has 3 N–H and O–H groups in total. The molecular weight excluding hydrogens is 266 g/mol. The molecule has 0 radical (unpaired) electrons. The molecule has 1 heterocycles. The van der Waals surface area contributed by atoms with Gasteiger partial charge in [0.05, 0.1) is 0 Å². The molecule has 0 fully saturated rings. The van der Waals surface area contributed by atoms with Gasteiger partial charge in [0, 0.05) is 12.6 Å². The highest BCUT2D eigenvalue weighted by atomic mass is 16.5. The largest absolute Gasteiger partial charge is 0.370 e.